The zero-order valence-corrected chi connectivity index (χ0v) is 18.9. The lowest BCUT2D eigenvalue weighted by Crippen LogP contribution is -2.51. The zero-order chi connectivity index (χ0) is 23.2. The number of aryl methyl sites for hydroxylation is 1. The van der Waals surface area contributed by atoms with Crippen LogP contribution >= 0.6 is 0 Å². The van der Waals surface area contributed by atoms with Gasteiger partial charge in [-0.25, -0.2) is 12.9 Å². The molecule has 1 aliphatic heterocycles. The average Bonchev–Trinajstić information content (AvgIpc) is 3.41. The van der Waals surface area contributed by atoms with Gasteiger partial charge < -0.3 is 5.32 Å². The lowest BCUT2D eigenvalue weighted by molar-refractivity contribution is 0.102. The summed E-state index contributed by atoms with van der Waals surface area (Å²) in [4.78, 5) is 14.4. The zero-order valence-electron chi connectivity index (χ0n) is 18.1. The van der Waals surface area contributed by atoms with E-state index in [1.807, 2.05) is 37.3 Å². The Bertz CT molecular complexity index is 1450. The number of carbonyl (C=O) groups is 1. The van der Waals surface area contributed by atoms with E-state index in [9.17, 15) is 13.2 Å². The molecule has 1 aliphatic rings. The van der Waals surface area contributed by atoms with Gasteiger partial charge in [0.2, 0.25) is 15.8 Å². The van der Waals surface area contributed by atoms with Gasteiger partial charge in [0, 0.05) is 30.5 Å². The van der Waals surface area contributed by atoms with Gasteiger partial charge >= 0.3 is 0 Å². The SMILES string of the molecule is CCS(=O)(=O)N1CC(n2nnc(-c3ccc(C)c(NC(=O)c4cnn5ccccc45)c3)n2)C1. The molecule has 0 unspecified atom stereocenters. The lowest BCUT2D eigenvalue weighted by atomic mass is 10.1. The minimum absolute atomic E-state index is 0.0723. The number of hydrogen-bond acceptors (Lipinski definition) is 7. The molecule has 33 heavy (non-hydrogen) atoms. The fourth-order valence-corrected chi connectivity index (χ4v) is 4.83. The second-order valence-corrected chi connectivity index (χ2v) is 10.1. The van der Waals surface area contributed by atoms with E-state index >= 15 is 0 Å². The topological polar surface area (TPSA) is 127 Å². The maximum Gasteiger partial charge on any atom is 0.259 e. The van der Waals surface area contributed by atoms with E-state index in [2.05, 4.69) is 25.8 Å². The van der Waals surface area contributed by atoms with Crippen LogP contribution in [0.4, 0.5) is 5.69 Å². The largest absolute Gasteiger partial charge is 0.322 e. The Morgan fingerprint density at radius 2 is 2.03 bits per heavy atom. The Hall–Kier alpha value is -3.64. The number of benzene rings is 1. The second kappa shape index (κ2) is 8.05. The molecule has 4 aromatic rings. The molecule has 0 saturated carbocycles. The molecule has 1 aromatic carbocycles. The predicted octanol–water partition coefficient (Wildman–Crippen LogP) is 1.75. The number of hydrogen-bond donors (Lipinski definition) is 1. The summed E-state index contributed by atoms with van der Waals surface area (Å²) >= 11 is 0. The molecule has 1 fully saturated rings. The molecule has 11 nitrogen and oxygen atoms in total. The van der Waals surface area contributed by atoms with E-state index < -0.39 is 10.0 Å². The maximum atomic E-state index is 12.9. The molecule has 1 N–H and O–H groups in total. The fraction of sp³-hybridized carbons (Fsp3) is 0.286. The molecule has 0 aliphatic carbocycles. The third-order valence-electron chi connectivity index (χ3n) is 5.76. The molecule has 4 heterocycles. The van der Waals surface area contributed by atoms with Crippen LogP contribution in [-0.2, 0) is 10.0 Å². The van der Waals surface area contributed by atoms with Crippen molar-refractivity contribution in [2.24, 2.45) is 0 Å². The lowest BCUT2D eigenvalue weighted by Gasteiger charge is -2.36. The summed E-state index contributed by atoms with van der Waals surface area (Å²) in [6.07, 6.45) is 3.32. The minimum Gasteiger partial charge on any atom is -0.322 e. The van der Waals surface area contributed by atoms with Crippen LogP contribution in [0.1, 0.15) is 28.9 Å². The van der Waals surface area contributed by atoms with E-state index in [0.717, 1.165) is 5.56 Å². The number of pyridine rings is 1. The Kier molecular flexibility index (Phi) is 5.17. The fourth-order valence-electron chi connectivity index (χ4n) is 3.66. The molecule has 0 atom stereocenters. The molecule has 3 aromatic heterocycles. The highest BCUT2D eigenvalue weighted by Gasteiger charge is 2.37. The average molecular weight is 467 g/mol. The van der Waals surface area contributed by atoms with Gasteiger partial charge in [-0.2, -0.15) is 14.2 Å². The van der Waals surface area contributed by atoms with Gasteiger partial charge in [-0.15, -0.1) is 10.2 Å². The summed E-state index contributed by atoms with van der Waals surface area (Å²) in [5.41, 5.74) is 3.40. The number of aromatic nitrogens is 6. The van der Waals surface area contributed by atoms with Gasteiger partial charge in [-0.3, -0.25) is 4.79 Å². The van der Waals surface area contributed by atoms with E-state index in [1.165, 1.54) is 15.3 Å². The van der Waals surface area contributed by atoms with Crippen molar-refractivity contribution in [3.05, 3.63) is 59.9 Å². The number of nitrogens with one attached hydrogen (secondary N) is 1. The highest BCUT2D eigenvalue weighted by Crippen LogP contribution is 2.26. The molecular weight excluding hydrogens is 444 g/mol. The van der Waals surface area contributed by atoms with Gasteiger partial charge in [-0.05, 0) is 42.8 Å². The number of sulfonamides is 1. The number of tetrazole rings is 1. The predicted molar refractivity (Wildman–Crippen MR) is 121 cm³/mol. The summed E-state index contributed by atoms with van der Waals surface area (Å²) in [5, 5.41) is 19.8. The Morgan fingerprint density at radius 1 is 1.21 bits per heavy atom. The van der Waals surface area contributed by atoms with Crippen LogP contribution < -0.4 is 5.32 Å². The summed E-state index contributed by atoms with van der Waals surface area (Å²) in [7, 11) is -3.20. The van der Waals surface area contributed by atoms with Crippen molar-refractivity contribution in [1.82, 2.24) is 34.1 Å². The Balaban J connectivity index is 1.34. The van der Waals surface area contributed by atoms with Crippen LogP contribution in [0.25, 0.3) is 16.9 Å². The normalized spacial score (nSPS) is 15.0. The number of amides is 1. The van der Waals surface area contributed by atoms with Gasteiger partial charge in [-0.1, -0.05) is 18.2 Å². The highest BCUT2D eigenvalue weighted by atomic mass is 32.2. The van der Waals surface area contributed by atoms with E-state index in [1.54, 1.807) is 23.7 Å². The van der Waals surface area contributed by atoms with E-state index in [4.69, 9.17) is 0 Å². The molecule has 0 radical (unpaired) electrons. The van der Waals surface area contributed by atoms with Crippen molar-refractivity contribution in [2.75, 3.05) is 24.2 Å². The van der Waals surface area contributed by atoms with Crippen LogP contribution in [0.2, 0.25) is 0 Å². The third-order valence-corrected chi connectivity index (χ3v) is 7.57. The van der Waals surface area contributed by atoms with E-state index in [0.29, 0.717) is 41.2 Å². The number of anilines is 1. The van der Waals surface area contributed by atoms with Crippen LogP contribution in [0.3, 0.4) is 0 Å². The van der Waals surface area contributed by atoms with Crippen molar-refractivity contribution in [1.29, 1.82) is 0 Å². The van der Waals surface area contributed by atoms with Gasteiger partial charge in [0.05, 0.1) is 23.0 Å². The molecular formula is C21H22N8O3S. The molecule has 1 saturated heterocycles. The smallest absolute Gasteiger partial charge is 0.259 e. The van der Waals surface area contributed by atoms with Gasteiger partial charge in [0.25, 0.3) is 5.91 Å². The first-order chi connectivity index (χ1) is 15.9. The van der Waals surface area contributed by atoms with Crippen LogP contribution in [0, 0.1) is 6.92 Å². The summed E-state index contributed by atoms with van der Waals surface area (Å²) < 4.78 is 26.9. The molecule has 170 valence electrons. The van der Waals surface area contributed by atoms with Crippen molar-refractivity contribution in [3.8, 4) is 11.4 Å². The summed E-state index contributed by atoms with van der Waals surface area (Å²) in [6.45, 7) is 4.19. The number of carbonyl (C=O) groups excluding carboxylic acids is 1. The minimum atomic E-state index is -3.20. The van der Waals surface area contributed by atoms with Crippen molar-refractivity contribution < 1.29 is 13.2 Å². The number of fused-ring (bicyclic) bond motifs is 1. The van der Waals surface area contributed by atoms with Crippen molar-refractivity contribution >= 4 is 27.1 Å². The van der Waals surface area contributed by atoms with Crippen molar-refractivity contribution in [2.45, 2.75) is 19.9 Å². The van der Waals surface area contributed by atoms with Crippen LogP contribution in [0.15, 0.2) is 48.8 Å². The maximum absolute atomic E-state index is 12.9. The van der Waals surface area contributed by atoms with Crippen molar-refractivity contribution in [3.63, 3.8) is 0 Å². The van der Waals surface area contributed by atoms with Gasteiger partial charge in [0.1, 0.15) is 6.04 Å². The molecule has 0 spiro atoms. The Labute approximate surface area is 190 Å². The van der Waals surface area contributed by atoms with Gasteiger partial charge in [0.15, 0.2) is 0 Å². The monoisotopic (exact) mass is 466 g/mol. The molecule has 1 amide bonds. The standard InChI is InChI=1S/C21H22N8O3S/c1-3-33(31,32)27-12-16(13-27)29-25-20(24-26-29)15-8-7-14(2)18(10-15)23-21(30)17-11-22-28-9-5-4-6-19(17)28/h4-11,16H,3,12-13H2,1-2H3,(H,23,30). The molecule has 12 heteroatoms. The molecule has 5 rings (SSSR count). The van der Waals surface area contributed by atoms with Crippen LogP contribution in [-0.4, -0.2) is 67.3 Å². The highest BCUT2D eigenvalue weighted by molar-refractivity contribution is 7.89. The van der Waals surface area contributed by atoms with Crippen LogP contribution in [0.5, 0.6) is 0 Å². The number of nitrogens with zero attached hydrogens (tertiary/aromatic N) is 7. The second-order valence-electron chi connectivity index (χ2n) is 7.88. The quantitative estimate of drug-likeness (QED) is 0.459. The summed E-state index contributed by atoms with van der Waals surface area (Å²) in [6, 6.07) is 10.9. The first-order valence-corrected chi connectivity index (χ1v) is 12.1. The summed E-state index contributed by atoms with van der Waals surface area (Å²) in [5.74, 6) is 0.209. The van der Waals surface area contributed by atoms with E-state index in [-0.39, 0.29) is 17.7 Å². The number of rotatable bonds is 6. The first-order valence-electron chi connectivity index (χ1n) is 10.5. The third kappa shape index (κ3) is 3.87. The molecule has 0 bridgehead atoms. The Morgan fingerprint density at radius 3 is 2.82 bits per heavy atom. The first kappa shape index (κ1) is 21.2.